The molecule has 0 nitrogen and oxygen atoms in total. The first-order valence-corrected chi connectivity index (χ1v) is 21.7. The van der Waals surface area contributed by atoms with Crippen molar-refractivity contribution in [2.45, 2.75) is 9.79 Å². The van der Waals surface area contributed by atoms with Crippen molar-refractivity contribution < 1.29 is 55.6 Å². The average molecular weight is 1010 g/mol. The van der Waals surface area contributed by atoms with Crippen LogP contribution in [0.15, 0.2) is 192 Å². The fourth-order valence-electron chi connectivity index (χ4n) is 4.79. The second kappa shape index (κ2) is 26.9. The molecule has 0 aliphatic rings. The molecule has 15 heteroatoms. The van der Waals surface area contributed by atoms with Gasteiger partial charge >= 0.3 is 35.6 Å². The minimum atomic E-state index is -6.00. The molecule has 0 heterocycles. The molecular weight excluding hydrogens is 975 g/mol. The first-order chi connectivity index (χ1) is 25.9. The third-order valence-electron chi connectivity index (χ3n) is 6.93. The van der Waals surface area contributed by atoms with Crippen molar-refractivity contribution >= 4 is 75.1 Å². The van der Waals surface area contributed by atoms with E-state index in [4.69, 9.17) is 0 Å². The number of rotatable bonds is 12. The third kappa shape index (κ3) is 23.1. The maximum absolute atomic E-state index is 9.75. The summed E-state index contributed by atoms with van der Waals surface area (Å²) >= 11 is 3.91. The molecule has 0 aliphatic heterocycles. The molecule has 0 fully saturated rings. The normalized spacial score (nSPS) is 10.8. The summed E-state index contributed by atoms with van der Waals surface area (Å²) in [5, 5.41) is 5.88. The van der Waals surface area contributed by atoms with Crippen LogP contribution >= 0.6 is 39.4 Å². The van der Waals surface area contributed by atoms with E-state index in [1.54, 1.807) is 0 Å². The molecule has 0 radical (unpaired) electrons. The molecule has 55 heavy (non-hydrogen) atoms. The first kappa shape index (κ1) is 48.3. The summed E-state index contributed by atoms with van der Waals surface area (Å²) in [6.07, 6.45) is 2.42. The summed E-state index contributed by atoms with van der Waals surface area (Å²) in [4.78, 5) is 2.72. The van der Waals surface area contributed by atoms with Crippen molar-refractivity contribution in [2.75, 3.05) is 23.8 Å². The van der Waals surface area contributed by atoms with Crippen LogP contribution in [0.4, 0.5) is 34.5 Å². The van der Waals surface area contributed by atoms with E-state index in [0.29, 0.717) is 0 Å². The monoisotopic (exact) mass is 1010 g/mol. The smallest absolute Gasteiger partial charge is 0.418 e. The zero-order valence-corrected chi connectivity index (χ0v) is 35.0. The molecule has 0 aromatic heterocycles. The fourth-order valence-corrected chi connectivity index (χ4v) is 11.9. The van der Waals surface area contributed by atoms with Crippen LogP contribution in [-0.2, 0) is 21.1 Å². The van der Waals surface area contributed by atoms with Crippen LogP contribution < -0.4 is 21.2 Å². The maximum atomic E-state index is 9.75. The number of hydrogen-bond acceptors (Lipinski definition) is 2. The SMILES string of the molecule is F[B-](F)(F)F.F[B-](F)(F)F.[Pt+2].c1ccc(SCCP(c2ccccc2)c2ccccc2)cc1.c1ccc(SCCP(c2ccccc2)c2ccccc2)cc1. The van der Waals surface area contributed by atoms with Crippen molar-refractivity contribution in [2.24, 2.45) is 0 Å². The second-order valence-corrected chi connectivity index (χ2v) is 18.0. The van der Waals surface area contributed by atoms with Crippen molar-refractivity contribution in [3.8, 4) is 0 Å². The van der Waals surface area contributed by atoms with E-state index in [1.165, 1.54) is 43.3 Å². The number of halogens is 8. The van der Waals surface area contributed by atoms with Gasteiger partial charge in [-0.3, -0.25) is 0 Å². The quantitative estimate of drug-likeness (QED) is 0.0519. The summed E-state index contributed by atoms with van der Waals surface area (Å²) in [6, 6.07) is 65.1. The molecular formula is C40H38B2F8P2PtS2. The molecule has 0 bridgehead atoms. The van der Waals surface area contributed by atoms with Crippen LogP contribution in [0.3, 0.4) is 0 Å². The van der Waals surface area contributed by atoms with Gasteiger partial charge in [0.15, 0.2) is 0 Å². The summed E-state index contributed by atoms with van der Waals surface area (Å²) < 4.78 is 78.0. The molecule has 0 saturated carbocycles. The van der Waals surface area contributed by atoms with Crippen molar-refractivity contribution in [3.05, 3.63) is 182 Å². The van der Waals surface area contributed by atoms with Gasteiger partial charge in [0.2, 0.25) is 0 Å². The zero-order valence-electron chi connectivity index (χ0n) is 29.4. The van der Waals surface area contributed by atoms with Gasteiger partial charge in [-0.2, -0.15) is 0 Å². The number of thioether (sulfide) groups is 2. The van der Waals surface area contributed by atoms with Gasteiger partial charge in [-0.1, -0.05) is 158 Å². The Hall–Kier alpha value is -2.86. The van der Waals surface area contributed by atoms with Crippen LogP contribution in [0.25, 0.3) is 0 Å². The van der Waals surface area contributed by atoms with Gasteiger partial charge in [0, 0.05) is 21.3 Å². The Labute approximate surface area is 344 Å². The Balaban J connectivity index is 0.000000301. The van der Waals surface area contributed by atoms with E-state index < -0.39 is 14.5 Å². The Morgan fingerprint density at radius 3 is 0.709 bits per heavy atom. The molecule has 6 aromatic carbocycles. The van der Waals surface area contributed by atoms with Gasteiger partial charge in [-0.05, 0) is 73.7 Å². The molecule has 0 atom stereocenters. The van der Waals surface area contributed by atoms with Gasteiger partial charge < -0.3 is 34.5 Å². The summed E-state index contributed by atoms with van der Waals surface area (Å²) in [6.45, 7) is 0. The summed E-state index contributed by atoms with van der Waals surface area (Å²) in [5.74, 6) is 2.30. The standard InChI is InChI=1S/2C20H19PS.2BF4.Pt/c2*1-4-10-18(11-5-1)21(19-12-6-2-7-13-19)16-17-22-20-14-8-3-9-15-20;2*2-1(3,4)5;/h2*1-15H,16-17H2;;;/q;;2*-1;+2. The van der Waals surface area contributed by atoms with E-state index in [9.17, 15) is 34.5 Å². The minimum absolute atomic E-state index is 0. The van der Waals surface area contributed by atoms with Gasteiger partial charge in [0.1, 0.15) is 0 Å². The predicted molar refractivity (Wildman–Crippen MR) is 223 cm³/mol. The molecule has 0 N–H and O–H groups in total. The Bertz CT molecular complexity index is 1590. The van der Waals surface area contributed by atoms with Crippen LogP contribution in [0.5, 0.6) is 0 Å². The molecule has 0 spiro atoms. The molecule has 6 aromatic rings. The van der Waals surface area contributed by atoms with Gasteiger partial charge in [0.25, 0.3) is 0 Å². The predicted octanol–water partition coefficient (Wildman–Crippen LogP) is 12.4. The Morgan fingerprint density at radius 2 is 0.509 bits per heavy atom. The largest absolute Gasteiger partial charge is 2.00 e. The molecule has 0 aliphatic carbocycles. The van der Waals surface area contributed by atoms with Crippen LogP contribution in [-0.4, -0.2) is 38.3 Å². The van der Waals surface area contributed by atoms with Crippen LogP contribution in [0, 0.1) is 0 Å². The number of benzene rings is 6. The molecule has 292 valence electrons. The van der Waals surface area contributed by atoms with Crippen molar-refractivity contribution in [3.63, 3.8) is 0 Å². The summed E-state index contributed by atoms with van der Waals surface area (Å²) in [5.41, 5.74) is 0. The molecule has 6 rings (SSSR count). The third-order valence-corrected chi connectivity index (χ3v) is 14.6. The first-order valence-electron chi connectivity index (χ1n) is 16.7. The minimum Gasteiger partial charge on any atom is -0.418 e. The zero-order chi connectivity index (χ0) is 39.1. The van der Waals surface area contributed by atoms with Crippen LogP contribution in [0.1, 0.15) is 0 Å². The van der Waals surface area contributed by atoms with Gasteiger partial charge in [-0.15, -0.1) is 23.5 Å². The molecule has 0 unspecified atom stereocenters. The van der Waals surface area contributed by atoms with Gasteiger partial charge in [0.05, 0.1) is 0 Å². The Morgan fingerprint density at radius 1 is 0.327 bits per heavy atom. The molecule has 0 saturated heterocycles. The van der Waals surface area contributed by atoms with Crippen molar-refractivity contribution in [1.29, 1.82) is 0 Å². The number of hydrogen-bond donors (Lipinski definition) is 0. The fraction of sp³-hybridized carbons (Fsp3) is 0.100. The maximum Gasteiger partial charge on any atom is 2.00 e. The topological polar surface area (TPSA) is 0 Å². The van der Waals surface area contributed by atoms with Crippen LogP contribution in [0.2, 0.25) is 0 Å². The van der Waals surface area contributed by atoms with E-state index in [0.717, 1.165) is 11.5 Å². The van der Waals surface area contributed by atoms with Gasteiger partial charge in [-0.25, -0.2) is 0 Å². The molecule has 0 amide bonds. The van der Waals surface area contributed by atoms with E-state index >= 15 is 0 Å². The van der Waals surface area contributed by atoms with E-state index in [2.05, 4.69) is 182 Å². The Kier molecular flexibility index (Phi) is 23.6. The van der Waals surface area contributed by atoms with E-state index in [1.807, 2.05) is 23.5 Å². The van der Waals surface area contributed by atoms with E-state index in [-0.39, 0.29) is 36.9 Å². The van der Waals surface area contributed by atoms with Crippen molar-refractivity contribution in [1.82, 2.24) is 0 Å². The summed E-state index contributed by atoms with van der Waals surface area (Å²) in [7, 11) is -12.5. The average Bonchev–Trinajstić information content (AvgIpc) is 3.16. The second-order valence-electron chi connectivity index (χ2n) is 11.0.